The minimum absolute atomic E-state index is 0.0344. The van der Waals surface area contributed by atoms with E-state index in [0.717, 1.165) is 33.0 Å². The fraction of sp³-hybridized carbons (Fsp3) is 0.250. The van der Waals surface area contributed by atoms with Gasteiger partial charge in [-0.3, -0.25) is 9.69 Å². The van der Waals surface area contributed by atoms with E-state index in [0.29, 0.717) is 23.8 Å². The Balaban J connectivity index is 1.49. The SMILES string of the molecule is CCc1ccc2nc(N(Cc3ccco3)C(=O)CCSc3ccc(OC)cc3)sc2c1. The molecule has 31 heavy (non-hydrogen) atoms. The topological polar surface area (TPSA) is 55.6 Å². The molecule has 0 radical (unpaired) electrons. The van der Waals surface area contributed by atoms with Crippen molar-refractivity contribution in [3.05, 3.63) is 72.2 Å². The van der Waals surface area contributed by atoms with Crippen molar-refractivity contribution in [3.63, 3.8) is 0 Å². The molecule has 0 saturated carbocycles. The number of methoxy groups -OCH3 is 1. The first-order chi connectivity index (χ1) is 15.2. The number of rotatable bonds is 9. The molecule has 0 atom stereocenters. The van der Waals surface area contributed by atoms with Gasteiger partial charge in [-0.1, -0.05) is 24.3 Å². The monoisotopic (exact) mass is 452 g/mol. The second kappa shape index (κ2) is 10.0. The minimum Gasteiger partial charge on any atom is -0.497 e. The molecule has 0 unspecified atom stereocenters. The van der Waals surface area contributed by atoms with Gasteiger partial charge in [0.2, 0.25) is 5.91 Å². The van der Waals surface area contributed by atoms with Crippen LogP contribution in [0.15, 0.2) is 70.2 Å². The quantitative estimate of drug-likeness (QED) is 0.284. The number of thiazole rings is 1. The second-order valence-electron chi connectivity index (χ2n) is 6.99. The number of carbonyl (C=O) groups is 1. The zero-order chi connectivity index (χ0) is 21.6. The summed E-state index contributed by atoms with van der Waals surface area (Å²) >= 11 is 3.21. The van der Waals surface area contributed by atoms with Gasteiger partial charge in [0.25, 0.3) is 0 Å². The van der Waals surface area contributed by atoms with Crippen LogP contribution in [-0.4, -0.2) is 23.8 Å². The van der Waals surface area contributed by atoms with Gasteiger partial charge in [0.05, 0.1) is 30.1 Å². The number of nitrogens with zero attached hydrogens (tertiary/aromatic N) is 2. The van der Waals surface area contributed by atoms with Gasteiger partial charge < -0.3 is 9.15 Å². The van der Waals surface area contributed by atoms with Crippen LogP contribution in [-0.2, 0) is 17.8 Å². The van der Waals surface area contributed by atoms with Gasteiger partial charge >= 0.3 is 0 Å². The summed E-state index contributed by atoms with van der Waals surface area (Å²) in [6.07, 6.45) is 3.01. The molecule has 4 aromatic rings. The summed E-state index contributed by atoms with van der Waals surface area (Å²) in [7, 11) is 1.65. The molecule has 0 N–H and O–H groups in total. The first-order valence-electron chi connectivity index (χ1n) is 10.2. The molecular formula is C24H24N2O3S2. The van der Waals surface area contributed by atoms with E-state index in [-0.39, 0.29) is 5.91 Å². The number of thioether (sulfide) groups is 1. The lowest BCUT2D eigenvalue weighted by Crippen LogP contribution is -2.30. The van der Waals surface area contributed by atoms with Crippen LogP contribution in [0.25, 0.3) is 10.2 Å². The van der Waals surface area contributed by atoms with Crippen molar-refractivity contribution in [1.82, 2.24) is 4.98 Å². The number of benzene rings is 2. The number of ether oxygens (including phenoxy) is 1. The Kier molecular flexibility index (Phi) is 6.94. The maximum Gasteiger partial charge on any atom is 0.230 e. The lowest BCUT2D eigenvalue weighted by molar-refractivity contribution is -0.118. The lowest BCUT2D eigenvalue weighted by Gasteiger charge is -2.18. The predicted molar refractivity (Wildman–Crippen MR) is 127 cm³/mol. The van der Waals surface area contributed by atoms with Gasteiger partial charge in [-0.15, -0.1) is 11.8 Å². The van der Waals surface area contributed by atoms with Crippen molar-refractivity contribution < 1.29 is 13.9 Å². The lowest BCUT2D eigenvalue weighted by atomic mass is 10.2. The molecule has 0 aliphatic heterocycles. The molecule has 160 valence electrons. The largest absolute Gasteiger partial charge is 0.497 e. The van der Waals surface area contributed by atoms with Crippen molar-refractivity contribution in [2.75, 3.05) is 17.8 Å². The summed E-state index contributed by atoms with van der Waals surface area (Å²) in [5, 5.41) is 0.708. The number of furan rings is 1. The van der Waals surface area contributed by atoms with E-state index < -0.39 is 0 Å². The molecule has 1 amide bonds. The summed E-state index contributed by atoms with van der Waals surface area (Å²) < 4.78 is 11.8. The fourth-order valence-corrected chi connectivity index (χ4v) is 5.06. The number of hydrogen-bond donors (Lipinski definition) is 0. The molecule has 7 heteroatoms. The summed E-state index contributed by atoms with van der Waals surface area (Å²) in [5.41, 5.74) is 2.18. The second-order valence-corrected chi connectivity index (χ2v) is 9.16. The molecule has 0 spiro atoms. The average molecular weight is 453 g/mol. The third-order valence-electron chi connectivity index (χ3n) is 4.92. The van der Waals surface area contributed by atoms with E-state index in [1.807, 2.05) is 42.5 Å². The highest BCUT2D eigenvalue weighted by molar-refractivity contribution is 7.99. The van der Waals surface area contributed by atoms with Crippen LogP contribution in [0, 0.1) is 0 Å². The Hall–Kier alpha value is -2.77. The number of aryl methyl sites for hydroxylation is 1. The Morgan fingerprint density at radius 1 is 1.19 bits per heavy atom. The number of amides is 1. The number of fused-ring (bicyclic) bond motifs is 1. The molecule has 0 bridgehead atoms. The molecule has 2 aromatic heterocycles. The third-order valence-corrected chi connectivity index (χ3v) is 6.97. The molecule has 5 nitrogen and oxygen atoms in total. The molecule has 4 rings (SSSR count). The van der Waals surface area contributed by atoms with E-state index in [9.17, 15) is 4.79 Å². The van der Waals surface area contributed by atoms with Crippen LogP contribution in [0.5, 0.6) is 5.75 Å². The Morgan fingerprint density at radius 2 is 2.03 bits per heavy atom. The first-order valence-corrected chi connectivity index (χ1v) is 12.0. The van der Waals surface area contributed by atoms with Crippen molar-refractivity contribution in [3.8, 4) is 5.75 Å². The number of hydrogen-bond acceptors (Lipinski definition) is 6. The van der Waals surface area contributed by atoms with E-state index in [2.05, 4.69) is 19.1 Å². The van der Waals surface area contributed by atoms with Gasteiger partial charge in [0, 0.05) is 17.1 Å². The fourth-order valence-electron chi connectivity index (χ4n) is 3.18. The maximum absolute atomic E-state index is 13.2. The number of aromatic nitrogens is 1. The zero-order valence-corrected chi connectivity index (χ0v) is 19.2. The average Bonchev–Trinajstić information content (AvgIpc) is 3.46. The zero-order valence-electron chi connectivity index (χ0n) is 17.5. The first kappa shape index (κ1) is 21.5. The number of carbonyl (C=O) groups excluding carboxylic acids is 1. The normalized spacial score (nSPS) is 11.0. The van der Waals surface area contributed by atoms with Gasteiger partial charge in [0.15, 0.2) is 5.13 Å². The van der Waals surface area contributed by atoms with Gasteiger partial charge in [0.1, 0.15) is 11.5 Å². The van der Waals surface area contributed by atoms with Crippen LogP contribution >= 0.6 is 23.1 Å². The minimum atomic E-state index is 0.0344. The van der Waals surface area contributed by atoms with Crippen molar-refractivity contribution in [2.45, 2.75) is 31.2 Å². The van der Waals surface area contributed by atoms with Gasteiger partial charge in [-0.05, 0) is 60.5 Å². The van der Waals surface area contributed by atoms with Crippen molar-refractivity contribution in [1.29, 1.82) is 0 Å². The summed E-state index contributed by atoms with van der Waals surface area (Å²) in [6.45, 7) is 2.51. The Morgan fingerprint density at radius 3 is 2.74 bits per heavy atom. The maximum atomic E-state index is 13.2. The molecule has 2 aromatic carbocycles. The molecular weight excluding hydrogens is 428 g/mol. The Bertz CT molecular complexity index is 1140. The van der Waals surface area contributed by atoms with E-state index in [1.165, 1.54) is 5.56 Å². The highest BCUT2D eigenvalue weighted by Crippen LogP contribution is 2.31. The summed E-state index contributed by atoms with van der Waals surface area (Å²) in [5.74, 6) is 2.29. The van der Waals surface area contributed by atoms with E-state index >= 15 is 0 Å². The van der Waals surface area contributed by atoms with E-state index in [1.54, 1.807) is 41.4 Å². The van der Waals surface area contributed by atoms with Crippen LogP contribution in [0.4, 0.5) is 5.13 Å². The van der Waals surface area contributed by atoms with Crippen LogP contribution in [0.1, 0.15) is 24.7 Å². The molecule has 0 aliphatic rings. The van der Waals surface area contributed by atoms with Crippen LogP contribution in [0.2, 0.25) is 0 Å². The summed E-state index contributed by atoms with van der Waals surface area (Å²) in [4.78, 5) is 20.8. The van der Waals surface area contributed by atoms with Gasteiger partial charge in [-0.2, -0.15) is 0 Å². The molecule has 0 aliphatic carbocycles. The van der Waals surface area contributed by atoms with E-state index in [4.69, 9.17) is 14.1 Å². The summed E-state index contributed by atoms with van der Waals surface area (Å²) in [6, 6.07) is 17.9. The molecule has 0 fully saturated rings. The standard InChI is InChI=1S/C24H24N2O3S2/c1-3-17-6-11-21-22(15-17)31-24(25-21)26(16-19-5-4-13-29-19)23(27)12-14-30-20-9-7-18(28-2)8-10-20/h4-11,13,15H,3,12,14,16H2,1-2H3. The third kappa shape index (κ3) is 5.29. The van der Waals surface area contributed by atoms with Crippen molar-refractivity contribution in [2.24, 2.45) is 0 Å². The smallest absolute Gasteiger partial charge is 0.230 e. The highest BCUT2D eigenvalue weighted by atomic mass is 32.2. The van der Waals surface area contributed by atoms with Crippen LogP contribution < -0.4 is 9.64 Å². The molecule has 0 saturated heterocycles. The highest BCUT2D eigenvalue weighted by Gasteiger charge is 2.21. The number of anilines is 1. The van der Waals surface area contributed by atoms with Crippen molar-refractivity contribution >= 4 is 44.4 Å². The van der Waals surface area contributed by atoms with Crippen LogP contribution in [0.3, 0.4) is 0 Å². The Labute approximate surface area is 190 Å². The predicted octanol–water partition coefficient (Wildman–Crippen LogP) is 6.18. The molecule has 2 heterocycles. The van der Waals surface area contributed by atoms with Gasteiger partial charge in [-0.25, -0.2) is 4.98 Å².